The summed E-state index contributed by atoms with van der Waals surface area (Å²) in [4.78, 5) is 30.3. The third-order valence-electron chi connectivity index (χ3n) is 6.17. The number of carbonyl (C=O) groups is 2. The largest absolute Gasteiger partial charge is 0.480 e. The van der Waals surface area contributed by atoms with Crippen LogP contribution in [-0.4, -0.2) is 34.6 Å². The van der Waals surface area contributed by atoms with Crippen LogP contribution in [0.5, 0.6) is 0 Å². The van der Waals surface area contributed by atoms with E-state index in [1.807, 2.05) is 91.1 Å². The van der Waals surface area contributed by atoms with E-state index in [1.165, 1.54) is 0 Å². The Kier molecular flexibility index (Phi) is 5.97. The summed E-state index contributed by atoms with van der Waals surface area (Å²) in [5, 5.41) is 13.9. The Bertz CT molecular complexity index is 1340. The molecule has 0 spiro atoms. The standard InChI is InChI=1S/C28H25N3O3/c32-27(31-25-11-5-1-7-19(25)13-14-20-8-2-6-12-26(20)31)15-16-29-24(28(33)34)17-21-18-30-23-10-4-3-9-22(21)23/h1-14,18,24,29-30H,15-17H2,(H,33,34)/t24-/m0/s1. The first kappa shape index (κ1) is 21.7. The summed E-state index contributed by atoms with van der Waals surface area (Å²) in [5.41, 5.74) is 5.47. The van der Waals surface area contributed by atoms with Crippen LogP contribution in [0.2, 0.25) is 0 Å². The summed E-state index contributed by atoms with van der Waals surface area (Å²) in [5.74, 6) is -1.03. The lowest BCUT2D eigenvalue weighted by Gasteiger charge is -2.25. The van der Waals surface area contributed by atoms with Gasteiger partial charge in [0.05, 0.1) is 11.4 Å². The molecule has 3 N–H and O–H groups in total. The van der Waals surface area contributed by atoms with Crippen LogP contribution in [0.15, 0.2) is 79.0 Å². The van der Waals surface area contributed by atoms with E-state index in [0.717, 1.165) is 39.0 Å². The number of fused-ring (bicyclic) bond motifs is 3. The highest BCUT2D eigenvalue weighted by Gasteiger charge is 2.25. The Morgan fingerprint density at radius 2 is 1.50 bits per heavy atom. The van der Waals surface area contributed by atoms with Crippen molar-refractivity contribution in [2.75, 3.05) is 11.4 Å². The van der Waals surface area contributed by atoms with Crippen LogP contribution in [0.4, 0.5) is 11.4 Å². The van der Waals surface area contributed by atoms with Crippen molar-refractivity contribution in [3.63, 3.8) is 0 Å². The van der Waals surface area contributed by atoms with Gasteiger partial charge in [-0.2, -0.15) is 0 Å². The number of H-pyrrole nitrogens is 1. The van der Waals surface area contributed by atoms with E-state index in [0.29, 0.717) is 6.42 Å². The van der Waals surface area contributed by atoms with E-state index in [2.05, 4.69) is 10.3 Å². The van der Waals surface area contributed by atoms with Gasteiger partial charge in [-0.15, -0.1) is 0 Å². The lowest BCUT2D eigenvalue weighted by atomic mass is 10.0. The first-order valence-corrected chi connectivity index (χ1v) is 11.3. The van der Waals surface area contributed by atoms with Crippen LogP contribution in [0.1, 0.15) is 23.1 Å². The van der Waals surface area contributed by atoms with Crippen LogP contribution in [0, 0.1) is 0 Å². The van der Waals surface area contributed by atoms with Gasteiger partial charge in [0.2, 0.25) is 5.91 Å². The highest BCUT2D eigenvalue weighted by atomic mass is 16.4. The second kappa shape index (κ2) is 9.37. The molecule has 34 heavy (non-hydrogen) atoms. The molecule has 0 saturated heterocycles. The lowest BCUT2D eigenvalue weighted by Crippen LogP contribution is -2.40. The summed E-state index contributed by atoms with van der Waals surface area (Å²) in [6.07, 6.45) is 6.38. The second-order valence-corrected chi connectivity index (χ2v) is 8.34. The SMILES string of the molecule is O=C(O)[C@H](Cc1c[nH]c2ccccc12)NCCC(=O)N1c2ccccc2C=Cc2ccccc21. The smallest absolute Gasteiger partial charge is 0.321 e. The van der Waals surface area contributed by atoms with Crippen molar-refractivity contribution in [2.45, 2.75) is 18.9 Å². The van der Waals surface area contributed by atoms with Gasteiger partial charge in [0.1, 0.15) is 6.04 Å². The zero-order chi connectivity index (χ0) is 23.5. The van der Waals surface area contributed by atoms with Gasteiger partial charge >= 0.3 is 5.97 Å². The molecule has 1 aromatic heterocycles. The normalized spacial score (nSPS) is 13.2. The van der Waals surface area contributed by atoms with E-state index < -0.39 is 12.0 Å². The quantitative estimate of drug-likeness (QED) is 0.369. The molecule has 5 rings (SSSR count). The van der Waals surface area contributed by atoms with Gasteiger partial charge in [-0.3, -0.25) is 14.5 Å². The molecule has 170 valence electrons. The molecule has 1 aliphatic rings. The average Bonchev–Trinajstić information content (AvgIpc) is 3.18. The molecule has 1 amide bonds. The summed E-state index contributed by atoms with van der Waals surface area (Å²) in [7, 11) is 0. The lowest BCUT2D eigenvalue weighted by molar-refractivity contribution is -0.139. The van der Waals surface area contributed by atoms with Crippen molar-refractivity contribution in [3.8, 4) is 0 Å². The number of para-hydroxylation sites is 3. The average molecular weight is 452 g/mol. The number of amides is 1. The first-order valence-electron chi connectivity index (χ1n) is 11.3. The molecule has 0 saturated carbocycles. The maximum atomic E-state index is 13.4. The summed E-state index contributed by atoms with van der Waals surface area (Å²) in [6, 6.07) is 22.6. The molecule has 4 aromatic rings. The Morgan fingerprint density at radius 3 is 2.18 bits per heavy atom. The van der Waals surface area contributed by atoms with Gasteiger partial charge in [0.25, 0.3) is 0 Å². The first-order chi connectivity index (χ1) is 16.6. The van der Waals surface area contributed by atoms with E-state index in [-0.39, 0.29) is 18.9 Å². The van der Waals surface area contributed by atoms with Crippen molar-refractivity contribution in [3.05, 3.63) is 95.7 Å². The molecule has 0 radical (unpaired) electrons. The fourth-order valence-corrected chi connectivity index (χ4v) is 4.47. The molecule has 1 aliphatic heterocycles. The second-order valence-electron chi connectivity index (χ2n) is 8.34. The Hall–Kier alpha value is -4.16. The molecule has 0 unspecified atom stereocenters. The molecule has 6 nitrogen and oxygen atoms in total. The fourth-order valence-electron chi connectivity index (χ4n) is 4.47. The number of carboxylic acid groups (broad SMARTS) is 1. The number of hydrogen-bond donors (Lipinski definition) is 3. The summed E-state index contributed by atoms with van der Waals surface area (Å²) in [6.45, 7) is 0.256. The Labute approximate surface area is 197 Å². The van der Waals surface area contributed by atoms with Crippen LogP contribution in [0.3, 0.4) is 0 Å². The number of carbonyl (C=O) groups excluding carboxylic acids is 1. The van der Waals surface area contributed by atoms with Gasteiger partial charge in [-0.05, 0) is 34.9 Å². The Morgan fingerprint density at radius 1 is 0.882 bits per heavy atom. The third-order valence-corrected chi connectivity index (χ3v) is 6.17. The van der Waals surface area contributed by atoms with E-state index in [4.69, 9.17) is 0 Å². The monoisotopic (exact) mass is 451 g/mol. The number of nitrogens with zero attached hydrogens (tertiary/aromatic N) is 1. The summed E-state index contributed by atoms with van der Waals surface area (Å²) < 4.78 is 0. The fraction of sp³-hybridized carbons (Fsp3) is 0.143. The topological polar surface area (TPSA) is 85.4 Å². The Balaban J connectivity index is 1.32. The van der Waals surface area contributed by atoms with Crippen molar-refractivity contribution in [1.29, 1.82) is 0 Å². The van der Waals surface area contributed by atoms with E-state index >= 15 is 0 Å². The van der Waals surface area contributed by atoms with Crippen LogP contribution < -0.4 is 10.2 Å². The predicted octanol–water partition coefficient (Wildman–Crippen LogP) is 4.99. The minimum atomic E-state index is -0.938. The third kappa shape index (κ3) is 4.23. The van der Waals surface area contributed by atoms with Crippen LogP contribution >= 0.6 is 0 Å². The van der Waals surface area contributed by atoms with Crippen molar-refractivity contribution in [1.82, 2.24) is 10.3 Å². The van der Waals surface area contributed by atoms with E-state index in [9.17, 15) is 14.7 Å². The number of nitrogens with one attached hydrogen (secondary N) is 2. The number of benzene rings is 3. The van der Waals surface area contributed by atoms with Gasteiger partial charge < -0.3 is 15.4 Å². The van der Waals surface area contributed by atoms with E-state index in [1.54, 1.807) is 4.90 Å². The number of rotatable bonds is 7. The number of carboxylic acids is 1. The van der Waals surface area contributed by atoms with Gasteiger partial charge in [-0.25, -0.2) is 0 Å². The van der Waals surface area contributed by atoms with Crippen molar-refractivity contribution < 1.29 is 14.7 Å². The van der Waals surface area contributed by atoms with Crippen LogP contribution in [-0.2, 0) is 16.0 Å². The highest BCUT2D eigenvalue weighted by Crippen LogP contribution is 2.36. The molecule has 0 aliphatic carbocycles. The zero-order valence-electron chi connectivity index (χ0n) is 18.6. The minimum Gasteiger partial charge on any atom is -0.480 e. The number of aromatic nitrogens is 1. The van der Waals surface area contributed by atoms with Gasteiger partial charge in [-0.1, -0.05) is 66.7 Å². The molecule has 6 heteroatoms. The molecular weight excluding hydrogens is 426 g/mol. The molecule has 1 atom stereocenters. The van der Waals surface area contributed by atoms with Gasteiger partial charge in [0, 0.05) is 36.5 Å². The maximum absolute atomic E-state index is 13.4. The number of aliphatic carboxylic acids is 1. The van der Waals surface area contributed by atoms with Crippen LogP contribution in [0.25, 0.3) is 23.1 Å². The van der Waals surface area contributed by atoms with Gasteiger partial charge in [0.15, 0.2) is 0 Å². The zero-order valence-corrected chi connectivity index (χ0v) is 18.6. The van der Waals surface area contributed by atoms with Crippen molar-refractivity contribution >= 4 is 46.3 Å². The summed E-state index contributed by atoms with van der Waals surface area (Å²) >= 11 is 0. The number of aromatic amines is 1. The maximum Gasteiger partial charge on any atom is 0.321 e. The number of hydrogen-bond acceptors (Lipinski definition) is 3. The molecule has 0 bridgehead atoms. The minimum absolute atomic E-state index is 0.0904. The predicted molar refractivity (Wildman–Crippen MR) is 135 cm³/mol. The van der Waals surface area contributed by atoms with Crippen molar-refractivity contribution in [2.24, 2.45) is 0 Å². The molecule has 0 fully saturated rings. The number of anilines is 2. The molecular formula is C28H25N3O3. The highest BCUT2D eigenvalue weighted by molar-refractivity contribution is 6.06. The molecule has 2 heterocycles. The molecule has 3 aromatic carbocycles.